The van der Waals surface area contributed by atoms with Gasteiger partial charge in [-0.15, -0.1) is 0 Å². The summed E-state index contributed by atoms with van der Waals surface area (Å²) in [5, 5.41) is 1.33. The van der Waals surface area contributed by atoms with Crippen molar-refractivity contribution in [3.8, 4) is 0 Å². The van der Waals surface area contributed by atoms with E-state index in [9.17, 15) is 12.6 Å². The summed E-state index contributed by atoms with van der Waals surface area (Å²) in [4.78, 5) is 0.398. The van der Waals surface area contributed by atoms with Gasteiger partial charge in [0.05, 0.1) is 9.79 Å². The summed E-state index contributed by atoms with van der Waals surface area (Å²) in [6, 6.07) is 14.7. The zero-order chi connectivity index (χ0) is 16.2. The predicted molar refractivity (Wildman–Crippen MR) is 88.5 cm³/mol. The van der Waals surface area contributed by atoms with Gasteiger partial charge in [-0.05, 0) is 38.1 Å². The second-order valence-corrected chi connectivity index (χ2v) is 8.61. The minimum atomic E-state index is -4.01. The predicted octanol–water partition coefficient (Wildman–Crippen LogP) is 3.74. The van der Waals surface area contributed by atoms with Crippen LogP contribution in [0.2, 0.25) is 0 Å². The molecule has 116 valence electrons. The van der Waals surface area contributed by atoms with E-state index in [4.69, 9.17) is 0 Å². The van der Waals surface area contributed by atoms with Gasteiger partial charge in [-0.25, -0.2) is 4.21 Å². The van der Waals surface area contributed by atoms with Crippen LogP contribution in [0.4, 0.5) is 0 Å². The summed E-state index contributed by atoms with van der Waals surface area (Å²) >= 11 is 0. The molecule has 0 amide bonds. The molecular formula is C16H17NO3S2. The maximum absolute atomic E-state index is 13.0. The van der Waals surface area contributed by atoms with E-state index >= 15 is 0 Å². The highest BCUT2D eigenvalue weighted by Crippen LogP contribution is 2.21. The Hall–Kier alpha value is -1.92. The van der Waals surface area contributed by atoms with Crippen molar-refractivity contribution in [1.82, 2.24) is 0 Å². The maximum atomic E-state index is 13.0. The van der Waals surface area contributed by atoms with Crippen LogP contribution in [0, 0.1) is 6.92 Å². The van der Waals surface area contributed by atoms with Crippen molar-refractivity contribution in [2.45, 2.75) is 23.6 Å². The van der Waals surface area contributed by atoms with Crippen LogP contribution in [-0.4, -0.2) is 12.6 Å². The van der Waals surface area contributed by atoms with Gasteiger partial charge in [0.25, 0.3) is 10.0 Å². The molecule has 22 heavy (non-hydrogen) atoms. The van der Waals surface area contributed by atoms with Crippen LogP contribution in [0.1, 0.15) is 12.5 Å². The molecule has 0 aliphatic rings. The van der Waals surface area contributed by atoms with E-state index in [0.717, 1.165) is 5.56 Å². The van der Waals surface area contributed by atoms with Gasteiger partial charge < -0.3 is 0 Å². The number of hydrogen-bond donors (Lipinski definition) is 0. The molecule has 4 nitrogen and oxygen atoms in total. The lowest BCUT2D eigenvalue weighted by molar-refractivity contribution is 0.598. The Bertz CT molecular complexity index is 890. The van der Waals surface area contributed by atoms with Crippen molar-refractivity contribution < 1.29 is 12.6 Å². The maximum Gasteiger partial charge on any atom is 0.290 e. The van der Waals surface area contributed by atoms with Gasteiger partial charge in [-0.3, -0.25) is 0 Å². The molecule has 2 rings (SSSR count). The first-order chi connectivity index (χ1) is 10.4. The second-order valence-electron chi connectivity index (χ2n) is 4.71. The molecule has 2 aromatic carbocycles. The van der Waals surface area contributed by atoms with Gasteiger partial charge in [0, 0.05) is 5.41 Å². The minimum absolute atomic E-state index is 0.0336. The summed E-state index contributed by atoms with van der Waals surface area (Å²) in [5.41, 5.74) is 0.941. The molecule has 0 aromatic heterocycles. The van der Waals surface area contributed by atoms with Gasteiger partial charge in [0.1, 0.15) is 9.73 Å². The first-order valence-corrected chi connectivity index (χ1v) is 9.67. The average molecular weight is 335 g/mol. The molecule has 0 N–H and O–H groups in total. The van der Waals surface area contributed by atoms with E-state index < -0.39 is 19.8 Å². The summed E-state index contributed by atoms with van der Waals surface area (Å²) < 4.78 is 41.6. The van der Waals surface area contributed by atoms with E-state index in [1.54, 1.807) is 55.5 Å². The van der Waals surface area contributed by atoms with Crippen LogP contribution < -0.4 is 0 Å². The third kappa shape index (κ3) is 3.64. The van der Waals surface area contributed by atoms with Gasteiger partial charge in [-0.1, -0.05) is 45.7 Å². The summed E-state index contributed by atoms with van der Waals surface area (Å²) in [5.74, 6) is 0. The second kappa shape index (κ2) is 6.46. The van der Waals surface area contributed by atoms with Crippen LogP contribution in [0.5, 0.6) is 0 Å². The van der Waals surface area contributed by atoms with Crippen LogP contribution in [0.15, 0.2) is 79.6 Å². The third-order valence-corrected chi connectivity index (χ3v) is 7.06. The zero-order valence-electron chi connectivity index (χ0n) is 12.3. The summed E-state index contributed by atoms with van der Waals surface area (Å²) in [6.07, 6.45) is 1.55. The van der Waals surface area contributed by atoms with Crippen molar-refractivity contribution in [2.24, 2.45) is 3.77 Å². The molecule has 0 bridgehead atoms. The number of benzene rings is 2. The Morgan fingerprint density at radius 2 is 1.45 bits per heavy atom. The fraction of sp³-hybridized carbons (Fsp3) is 0.125. The van der Waals surface area contributed by atoms with E-state index in [-0.39, 0.29) is 4.90 Å². The number of hydrogen-bond acceptors (Lipinski definition) is 3. The molecule has 2 aromatic rings. The molecule has 1 atom stereocenters. The fourth-order valence-electron chi connectivity index (χ4n) is 1.85. The standard InChI is InChI=1S/C16H17NO3S2/c1-3-13-21(18,15-7-5-4-6-8-15)17-22(19,20)16-11-9-14(2)10-12-16/h3-13H,1-2H3. The molecule has 0 spiro atoms. The number of aryl methyl sites for hydroxylation is 1. The van der Waals surface area contributed by atoms with Gasteiger partial charge in [0.2, 0.25) is 0 Å². The fourth-order valence-corrected chi connectivity index (χ4v) is 5.45. The van der Waals surface area contributed by atoms with Crippen LogP contribution in [0.3, 0.4) is 0 Å². The van der Waals surface area contributed by atoms with E-state index in [0.29, 0.717) is 4.90 Å². The lowest BCUT2D eigenvalue weighted by Crippen LogP contribution is -2.04. The molecule has 0 fully saturated rings. The van der Waals surface area contributed by atoms with Gasteiger partial charge in [-0.2, -0.15) is 8.42 Å². The lowest BCUT2D eigenvalue weighted by Gasteiger charge is -2.06. The molecule has 0 radical (unpaired) electrons. The third-order valence-electron chi connectivity index (χ3n) is 2.93. The Morgan fingerprint density at radius 1 is 0.864 bits per heavy atom. The van der Waals surface area contributed by atoms with Crippen molar-refractivity contribution >= 4 is 19.8 Å². The van der Waals surface area contributed by atoms with Crippen LogP contribution in [0.25, 0.3) is 0 Å². The lowest BCUT2D eigenvalue weighted by atomic mass is 10.2. The first kappa shape index (κ1) is 16.5. The normalized spacial score (nSPS) is 14.6. The van der Waals surface area contributed by atoms with Gasteiger partial charge in [0.15, 0.2) is 0 Å². The van der Waals surface area contributed by atoms with Crippen molar-refractivity contribution in [1.29, 1.82) is 0 Å². The molecule has 6 heteroatoms. The van der Waals surface area contributed by atoms with Crippen molar-refractivity contribution in [3.63, 3.8) is 0 Å². The molecule has 0 saturated carbocycles. The Morgan fingerprint density at radius 3 is 2.00 bits per heavy atom. The zero-order valence-corrected chi connectivity index (χ0v) is 14.0. The summed E-state index contributed by atoms with van der Waals surface area (Å²) in [6.45, 7) is 3.54. The molecule has 0 saturated heterocycles. The van der Waals surface area contributed by atoms with Gasteiger partial charge >= 0.3 is 0 Å². The van der Waals surface area contributed by atoms with Crippen molar-refractivity contribution in [2.75, 3.05) is 0 Å². The number of rotatable bonds is 4. The highest BCUT2D eigenvalue weighted by Gasteiger charge is 2.18. The summed E-state index contributed by atoms with van der Waals surface area (Å²) in [7, 11) is -7.18. The first-order valence-electron chi connectivity index (χ1n) is 6.65. The molecule has 0 aliphatic heterocycles. The van der Waals surface area contributed by atoms with Crippen LogP contribution >= 0.6 is 0 Å². The molecule has 0 aliphatic carbocycles. The Labute approximate surface area is 131 Å². The number of sulfonamides is 1. The van der Waals surface area contributed by atoms with Crippen LogP contribution in [-0.2, 0) is 19.8 Å². The van der Waals surface area contributed by atoms with E-state index in [1.807, 2.05) is 6.92 Å². The smallest absolute Gasteiger partial charge is 0.239 e. The quantitative estimate of drug-likeness (QED) is 0.855. The SMILES string of the molecule is CC=CS(=O)(=NS(=O)(=O)c1ccc(C)cc1)c1ccccc1. The molecule has 0 heterocycles. The number of allylic oxidation sites excluding steroid dienone is 1. The van der Waals surface area contributed by atoms with Crippen molar-refractivity contribution in [3.05, 3.63) is 71.6 Å². The highest BCUT2D eigenvalue weighted by molar-refractivity contribution is 8.05. The molecular weight excluding hydrogens is 318 g/mol. The Kier molecular flexibility index (Phi) is 4.83. The largest absolute Gasteiger partial charge is 0.290 e. The molecule has 1 unspecified atom stereocenters. The number of nitrogens with zero attached hydrogens (tertiary/aromatic N) is 1. The van der Waals surface area contributed by atoms with E-state index in [2.05, 4.69) is 3.77 Å². The Balaban J connectivity index is 2.65. The van der Waals surface area contributed by atoms with E-state index in [1.165, 1.54) is 17.5 Å². The monoisotopic (exact) mass is 335 g/mol. The minimum Gasteiger partial charge on any atom is -0.239 e. The average Bonchev–Trinajstić information content (AvgIpc) is 2.48. The highest BCUT2D eigenvalue weighted by atomic mass is 32.3. The topological polar surface area (TPSA) is 63.6 Å².